The molecule has 0 spiro atoms. The Morgan fingerprint density at radius 1 is 0.962 bits per heavy atom. The van der Waals surface area contributed by atoms with Gasteiger partial charge in [0.05, 0.1) is 0 Å². The summed E-state index contributed by atoms with van der Waals surface area (Å²) in [6.07, 6.45) is 3.65. The Morgan fingerprint density at radius 3 is 2.35 bits per heavy atom. The summed E-state index contributed by atoms with van der Waals surface area (Å²) in [6.45, 7) is 9.56. The zero-order valence-electron chi connectivity index (χ0n) is 15.8. The van der Waals surface area contributed by atoms with Gasteiger partial charge in [-0.05, 0) is 49.6 Å². The van der Waals surface area contributed by atoms with Crippen LogP contribution >= 0.6 is 0 Å². The predicted octanol–water partition coefficient (Wildman–Crippen LogP) is 4.11. The van der Waals surface area contributed by atoms with E-state index in [2.05, 4.69) is 61.3 Å². The zero-order chi connectivity index (χ0) is 18.5. The molecule has 0 radical (unpaired) electrons. The number of hydrogen-bond donors (Lipinski definition) is 1. The molecule has 1 N–H and O–H groups in total. The van der Waals surface area contributed by atoms with Gasteiger partial charge in [-0.25, -0.2) is 4.79 Å². The van der Waals surface area contributed by atoms with Gasteiger partial charge in [-0.3, -0.25) is 0 Å². The molecule has 2 aromatic rings. The van der Waals surface area contributed by atoms with Crippen LogP contribution in [0.3, 0.4) is 0 Å². The van der Waals surface area contributed by atoms with Crippen molar-refractivity contribution in [1.82, 2.24) is 10.2 Å². The Bertz CT molecular complexity index is 788. The lowest BCUT2D eigenvalue weighted by molar-refractivity contribution is 0.198. The number of nitrogens with zero attached hydrogens (tertiary/aromatic N) is 2. The number of hydrogen-bond acceptors (Lipinski definition) is 2. The van der Waals surface area contributed by atoms with E-state index in [1.807, 2.05) is 23.1 Å². The van der Waals surface area contributed by atoms with E-state index in [9.17, 15) is 4.79 Å². The first-order valence-electron chi connectivity index (χ1n) is 9.14. The summed E-state index contributed by atoms with van der Waals surface area (Å²) in [5.41, 5.74) is 6.23. The summed E-state index contributed by atoms with van der Waals surface area (Å²) in [7, 11) is 0. The molecular formula is C22H27N3O. The summed E-state index contributed by atoms with van der Waals surface area (Å²) in [4.78, 5) is 16.6. The maximum absolute atomic E-state index is 12.4. The van der Waals surface area contributed by atoms with Crippen LogP contribution < -0.4 is 10.2 Å². The number of piperazine rings is 1. The van der Waals surface area contributed by atoms with Gasteiger partial charge in [0.1, 0.15) is 0 Å². The van der Waals surface area contributed by atoms with Gasteiger partial charge in [0.25, 0.3) is 0 Å². The molecule has 1 fully saturated rings. The second-order valence-corrected chi connectivity index (χ2v) is 6.89. The Kier molecular flexibility index (Phi) is 5.61. The molecule has 0 atom stereocenters. The minimum Gasteiger partial charge on any atom is -0.368 e. The molecule has 4 nitrogen and oxygen atoms in total. The van der Waals surface area contributed by atoms with Gasteiger partial charge in [-0.15, -0.1) is 0 Å². The average Bonchev–Trinajstić information content (AvgIpc) is 2.66. The summed E-state index contributed by atoms with van der Waals surface area (Å²) < 4.78 is 0. The number of urea groups is 1. The summed E-state index contributed by atoms with van der Waals surface area (Å²) in [6, 6.07) is 14.6. The lowest BCUT2D eigenvalue weighted by Gasteiger charge is -2.36. The third-order valence-corrected chi connectivity index (χ3v) is 5.04. The van der Waals surface area contributed by atoms with Crippen LogP contribution in [0.2, 0.25) is 0 Å². The second-order valence-electron chi connectivity index (χ2n) is 6.89. The highest BCUT2D eigenvalue weighted by atomic mass is 16.2. The van der Waals surface area contributed by atoms with E-state index in [0.717, 1.165) is 31.7 Å². The Hall–Kier alpha value is -2.75. The first-order valence-corrected chi connectivity index (χ1v) is 9.14. The Balaban J connectivity index is 1.52. The van der Waals surface area contributed by atoms with Crippen molar-refractivity contribution >= 4 is 17.8 Å². The van der Waals surface area contributed by atoms with Crippen molar-refractivity contribution in [3.8, 4) is 0 Å². The highest BCUT2D eigenvalue weighted by Crippen LogP contribution is 2.23. The average molecular weight is 349 g/mol. The number of benzene rings is 2. The first kappa shape index (κ1) is 18.1. The molecule has 2 aromatic carbocycles. The van der Waals surface area contributed by atoms with Crippen LogP contribution in [0.1, 0.15) is 22.3 Å². The highest BCUT2D eigenvalue weighted by Gasteiger charge is 2.21. The molecule has 1 heterocycles. The zero-order valence-corrected chi connectivity index (χ0v) is 15.8. The second kappa shape index (κ2) is 8.09. The number of carbonyl (C=O) groups is 1. The van der Waals surface area contributed by atoms with Crippen LogP contribution in [0, 0.1) is 20.8 Å². The molecule has 1 aliphatic heterocycles. The maximum atomic E-state index is 12.4. The number of rotatable bonds is 3. The van der Waals surface area contributed by atoms with Gasteiger partial charge in [-0.1, -0.05) is 42.0 Å². The van der Waals surface area contributed by atoms with E-state index in [-0.39, 0.29) is 6.03 Å². The third-order valence-electron chi connectivity index (χ3n) is 5.04. The van der Waals surface area contributed by atoms with Gasteiger partial charge in [-0.2, -0.15) is 0 Å². The molecule has 0 bridgehead atoms. The predicted molar refractivity (Wildman–Crippen MR) is 108 cm³/mol. The minimum atomic E-state index is -0.0334. The molecule has 2 amide bonds. The van der Waals surface area contributed by atoms with Gasteiger partial charge < -0.3 is 15.1 Å². The SMILES string of the molecule is Cc1ccc(/C=C/NC(=O)N2CCN(c3cccc(C)c3C)CC2)cc1. The quantitative estimate of drug-likeness (QED) is 0.905. The molecule has 1 saturated heterocycles. The molecule has 1 aliphatic rings. The van der Waals surface area contributed by atoms with Crippen molar-refractivity contribution in [1.29, 1.82) is 0 Å². The first-order chi connectivity index (χ1) is 12.5. The van der Waals surface area contributed by atoms with Gasteiger partial charge in [0.2, 0.25) is 0 Å². The van der Waals surface area contributed by atoms with E-state index >= 15 is 0 Å². The lowest BCUT2D eigenvalue weighted by atomic mass is 10.1. The van der Waals surface area contributed by atoms with Gasteiger partial charge in [0, 0.05) is 38.1 Å². The van der Waals surface area contributed by atoms with Crippen LogP contribution in [-0.4, -0.2) is 37.1 Å². The third kappa shape index (κ3) is 4.26. The fourth-order valence-corrected chi connectivity index (χ4v) is 3.21. The van der Waals surface area contributed by atoms with Gasteiger partial charge in [0.15, 0.2) is 0 Å². The van der Waals surface area contributed by atoms with Crippen molar-refractivity contribution < 1.29 is 4.79 Å². The fourth-order valence-electron chi connectivity index (χ4n) is 3.21. The Labute approximate surface area is 156 Å². The number of amides is 2. The van der Waals surface area contributed by atoms with Crippen LogP contribution in [0.25, 0.3) is 6.08 Å². The molecule has 136 valence electrons. The molecule has 26 heavy (non-hydrogen) atoms. The normalized spacial score (nSPS) is 14.7. The van der Waals surface area contributed by atoms with E-state index < -0.39 is 0 Å². The van der Waals surface area contributed by atoms with Gasteiger partial charge >= 0.3 is 6.03 Å². The van der Waals surface area contributed by atoms with E-state index in [0.29, 0.717) is 0 Å². The topological polar surface area (TPSA) is 35.6 Å². The smallest absolute Gasteiger partial charge is 0.321 e. The molecule has 4 heteroatoms. The highest BCUT2D eigenvalue weighted by molar-refractivity contribution is 5.76. The molecular weight excluding hydrogens is 322 g/mol. The van der Waals surface area contributed by atoms with Crippen molar-refractivity contribution in [3.63, 3.8) is 0 Å². The molecule has 0 unspecified atom stereocenters. The summed E-state index contributed by atoms with van der Waals surface area (Å²) in [5.74, 6) is 0. The maximum Gasteiger partial charge on any atom is 0.321 e. The number of carbonyl (C=O) groups excluding carboxylic acids is 1. The standard InChI is InChI=1S/C22H27N3O/c1-17-7-9-20(10-8-17)11-12-23-22(26)25-15-13-24(14-16-25)21-6-4-5-18(2)19(21)3/h4-12H,13-16H2,1-3H3,(H,23,26)/b12-11+. The van der Waals surface area contributed by atoms with Crippen LogP contribution in [0.15, 0.2) is 48.7 Å². The van der Waals surface area contributed by atoms with Crippen molar-refractivity contribution in [3.05, 3.63) is 70.9 Å². The number of aryl methyl sites for hydroxylation is 2. The van der Waals surface area contributed by atoms with E-state index in [1.165, 1.54) is 22.4 Å². The van der Waals surface area contributed by atoms with Crippen LogP contribution in [0.4, 0.5) is 10.5 Å². The number of nitrogens with one attached hydrogen (secondary N) is 1. The largest absolute Gasteiger partial charge is 0.368 e. The van der Waals surface area contributed by atoms with Crippen LogP contribution in [0.5, 0.6) is 0 Å². The molecule has 3 rings (SSSR count). The number of anilines is 1. The van der Waals surface area contributed by atoms with E-state index in [1.54, 1.807) is 6.20 Å². The van der Waals surface area contributed by atoms with Crippen molar-refractivity contribution in [2.24, 2.45) is 0 Å². The summed E-state index contributed by atoms with van der Waals surface area (Å²) >= 11 is 0. The summed E-state index contributed by atoms with van der Waals surface area (Å²) in [5, 5.41) is 2.88. The minimum absolute atomic E-state index is 0.0334. The molecule has 0 saturated carbocycles. The Morgan fingerprint density at radius 2 is 1.65 bits per heavy atom. The van der Waals surface area contributed by atoms with Crippen molar-refractivity contribution in [2.45, 2.75) is 20.8 Å². The monoisotopic (exact) mass is 349 g/mol. The van der Waals surface area contributed by atoms with Crippen molar-refractivity contribution in [2.75, 3.05) is 31.1 Å². The molecule has 0 aromatic heterocycles. The van der Waals surface area contributed by atoms with Crippen LogP contribution in [-0.2, 0) is 0 Å². The fraction of sp³-hybridized carbons (Fsp3) is 0.318. The lowest BCUT2D eigenvalue weighted by Crippen LogP contribution is -2.51. The van der Waals surface area contributed by atoms with E-state index in [4.69, 9.17) is 0 Å². The molecule has 0 aliphatic carbocycles.